The molecule has 3 aromatic carbocycles. The Morgan fingerprint density at radius 1 is 1.03 bits per heavy atom. The van der Waals surface area contributed by atoms with Crippen molar-refractivity contribution in [1.29, 1.82) is 5.41 Å². The fourth-order valence-corrected chi connectivity index (χ4v) is 4.52. The topological polar surface area (TPSA) is 74.9 Å². The monoisotopic (exact) mass is 495 g/mol. The van der Waals surface area contributed by atoms with Crippen molar-refractivity contribution in [3.05, 3.63) is 107 Å². The third-order valence-corrected chi connectivity index (χ3v) is 6.67. The van der Waals surface area contributed by atoms with Gasteiger partial charge in [-0.05, 0) is 78.4 Å². The smallest absolute Gasteiger partial charge is 0.119 e. The van der Waals surface area contributed by atoms with E-state index in [2.05, 4.69) is 72.6 Å². The third-order valence-electron chi connectivity index (χ3n) is 6.43. The van der Waals surface area contributed by atoms with E-state index < -0.39 is 0 Å². The van der Waals surface area contributed by atoms with Crippen LogP contribution in [0.1, 0.15) is 42.0 Å². The van der Waals surface area contributed by atoms with Crippen LogP contribution < -0.4 is 10.5 Å². The number of benzene rings is 3. The van der Waals surface area contributed by atoms with Crippen LogP contribution in [0.5, 0.6) is 5.75 Å². The van der Waals surface area contributed by atoms with Gasteiger partial charge in [0.2, 0.25) is 0 Å². The number of rotatable bonds is 12. The Labute approximate surface area is 218 Å². The summed E-state index contributed by atoms with van der Waals surface area (Å²) in [4.78, 5) is 3.71. The van der Waals surface area contributed by atoms with E-state index in [0.29, 0.717) is 23.9 Å². The molecule has 0 bridgehead atoms. The fraction of sp³-hybridized carbons (Fsp3) is 0.226. The van der Waals surface area contributed by atoms with Crippen LogP contribution in [-0.2, 0) is 12.8 Å². The van der Waals surface area contributed by atoms with Crippen molar-refractivity contribution in [1.82, 2.24) is 4.98 Å². The molecule has 0 radical (unpaired) electrons. The molecule has 5 heteroatoms. The molecule has 184 valence electrons. The number of fused-ring (bicyclic) bond motifs is 1. The van der Waals surface area contributed by atoms with Gasteiger partial charge in [0.25, 0.3) is 0 Å². The lowest BCUT2D eigenvalue weighted by molar-refractivity contribution is 0.296. The lowest BCUT2D eigenvalue weighted by atomic mass is 9.96. The van der Waals surface area contributed by atoms with Crippen molar-refractivity contribution in [3.63, 3.8) is 0 Å². The Kier molecular flexibility index (Phi) is 8.69. The van der Waals surface area contributed by atoms with E-state index in [1.165, 1.54) is 17.3 Å². The quantitative estimate of drug-likeness (QED) is 0.145. The zero-order valence-corrected chi connectivity index (χ0v) is 21.5. The number of aromatic nitrogens is 1. The maximum atomic E-state index is 7.70. The number of H-pyrrole nitrogens is 1. The summed E-state index contributed by atoms with van der Waals surface area (Å²) in [7, 11) is 0. The summed E-state index contributed by atoms with van der Waals surface area (Å²) in [6, 6.07) is 25.0. The van der Waals surface area contributed by atoms with Crippen molar-refractivity contribution in [3.8, 4) is 5.75 Å². The molecule has 4 aromatic rings. The number of hydrogen-bond acceptors (Lipinski definition) is 3. The highest BCUT2D eigenvalue weighted by Gasteiger charge is 2.11. The number of aromatic amines is 1. The normalized spacial score (nSPS) is 12.4. The number of aryl methyl sites for hydroxylation is 2. The van der Waals surface area contributed by atoms with Crippen molar-refractivity contribution < 1.29 is 4.74 Å². The molecule has 1 atom stereocenters. The van der Waals surface area contributed by atoms with Crippen molar-refractivity contribution in [2.75, 3.05) is 6.61 Å². The molecule has 36 heavy (non-hydrogen) atoms. The first-order valence-corrected chi connectivity index (χ1v) is 12.8. The number of ether oxygens (including phenoxy) is 1. The summed E-state index contributed by atoms with van der Waals surface area (Å²) in [5.74, 6) is 1.20. The number of nitrogens with two attached hydrogens (primary N) is 1. The summed E-state index contributed by atoms with van der Waals surface area (Å²) in [6.07, 6.45) is 9.22. The molecule has 4 rings (SSSR count). The molecule has 4 nitrogen and oxygen atoms in total. The minimum Gasteiger partial charge on any atom is -0.494 e. The fourth-order valence-electron chi connectivity index (χ4n) is 4.39. The molecule has 4 N–H and O–H groups in total. The van der Waals surface area contributed by atoms with Crippen molar-refractivity contribution >= 4 is 39.9 Å². The molecule has 1 aromatic heterocycles. The Balaban J connectivity index is 1.34. The average molecular weight is 496 g/mol. The second kappa shape index (κ2) is 12.3. The predicted octanol–water partition coefficient (Wildman–Crippen LogP) is 7.12. The van der Waals surface area contributed by atoms with Crippen molar-refractivity contribution in [2.24, 2.45) is 11.7 Å². The Bertz CT molecular complexity index is 1340. The SMILES string of the molecule is CC(/C=C(\CC=N)c1c[nH]c2ccc(C(N)=S)cc12)CCOc1ccc(CCc2ccccc2)cc1. The van der Waals surface area contributed by atoms with E-state index in [0.717, 1.165) is 52.6 Å². The summed E-state index contributed by atoms with van der Waals surface area (Å²) in [5.41, 5.74) is 12.6. The predicted molar refractivity (Wildman–Crippen MR) is 155 cm³/mol. The Hall–Kier alpha value is -3.70. The number of thiocarbonyl (C=S) groups is 1. The van der Waals surface area contributed by atoms with E-state index in [4.69, 9.17) is 28.1 Å². The summed E-state index contributed by atoms with van der Waals surface area (Å²) >= 11 is 5.16. The van der Waals surface area contributed by atoms with Crippen LogP contribution in [0.2, 0.25) is 0 Å². The number of nitrogens with one attached hydrogen (secondary N) is 2. The van der Waals surface area contributed by atoms with E-state index in [-0.39, 0.29) is 0 Å². The zero-order valence-electron chi connectivity index (χ0n) is 20.7. The van der Waals surface area contributed by atoms with Crippen LogP contribution in [0.15, 0.2) is 85.1 Å². The maximum absolute atomic E-state index is 7.70. The van der Waals surface area contributed by atoms with Gasteiger partial charge in [0.1, 0.15) is 10.7 Å². The lowest BCUT2D eigenvalue weighted by Gasteiger charge is -2.12. The zero-order chi connectivity index (χ0) is 25.3. The van der Waals surface area contributed by atoms with Gasteiger partial charge in [0.15, 0.2) is 0 Å². The van der Waals surface area contributed by atoms with Gasteiger partial charge in [-0.15, -0.1) is 0 Å². The third kappa shape index (κ3) is 6.70. The van der Waals surface area contributed by atoms with Crippen molar-refractivity contribution in [2.45, 2.75) is 32.6 Å². The molecule has 0 spiro atoms. The van der Waals surface area contributed by atoms with Gasteiger partial charge in [0, 0.05) is 34.6 Å². The standard InChI is InChI=1S/C31H33N3OS/c1-22(16-18-35-27-12-9-24(10-13-27)8-7-23-5-3-2-4-6-23)19-25(15-17-32)29-21-34-30-14-11-26(31(33)36)20-28(29)30/h2-6,9-14,17,19-22,32,34H,7-8,15-16,18H2,1H3,(H2,33,36)/b25-19+,32-17?. The second-order valence-electron chi connectivity index (χ2n) is 9.17. The van der Waals surface area contributed by atoms with Crippen LogP contribution >= 0.6 is 12.2 Å². The van der Waals surface area contributed by atoms with Gasteiger partial charge in [-0.2, -0.15) is 0 Å². The first-order valence-electron chi connectivity index (χ1n) is 12.4. The summed E-state index contributed by atoms with van der Waals surface area (Å²) in [6.45, 7) is 2.83. The first kappa shape index (κ1) is 25.4. The van der Waals surface area contributed by atoms with E-state index in [9.17, 15) is 0 Å². The molecule has 0 saturated heterocycles. The summed E-state index contributed by atoms with van der Waals surface area (Å²) in [5, 5.41) is 8.78. The van der Waals surface area contributed by atoms with E-state index >= 15 is 0 Å². The highest BCUT2D eigenvalue weighted by atomic mass is 32.1. The van der Waals surface area contributed by atoms with Crippen LogP contribution in [-0.4, -0.2) is 22.8 Å². The molecule has 0 aliphatic rings. The minimum absolute atomic E-state index is 0.300. The molecule has 0 saturated carbocycles. The highest BCUT2D eigenvalue weighted by Crippen LogP contribution is 2.29. The van der Waals surface area contributed by atoms with E-state index in [1.807, 2.05) is 24.4 Å². The average Bonchev–Trinajstić information content (AvgIpc) is 3.32. The van der Waals surface area contributed by atoms with Gasteiger partial charge in [-0.1, -0.05) is 67.7 Å². The maximum Gasteiger partial charge on any atom is 0.119 e. The lowest BCUT2D eigenvalue weighted by Crippen LogP contribution is -2.08. The van der Waals surface area contributed by atoms with Gasteiger partial charge < -0.3 is 20.9 Å². The van der Waals surface area contributed by atoms with Crippen LogP contribution in [0, 0.1) is 11.3 Å². The molecule has 0 aliphatic heterocycles. The first-order chi connectivity index (χ1) is 17.5. The minimum atomic E-state index is 0.300. The van der Waals surface area contributed by atoms with Gasteiger partial charge >= 0.3 is 0 Å². The largest absolute Gasteiger partial charge is 0.494 e. The Morgan fingerprint density at radius 2 is 1.75 bits per heavy atom. The summed E-state index contributed by atoms with van der Waals surface area (Å²) < 4.78 is 6.03. The van der Waals surface area contributed by atoms with Gasteiger partial charge in [0.05, 0.1) is 6.61 Å². The molecule has 0 amide bonds. The molecule has 0 aliphatic carbocycles. The number of hydrogen-bond donors (Lipinski definition) is 3. The molecule has 1 heterocycles. The Morgan fingerprint density at radius 3 is 2.44 bits per heavy atom. The molecular formula is C31H33N3OS. The van der Waals surface area contributed by atoms with Crippen LogP contribution in [0.4, 0.5) is 0 Å². The molecule has 0 fully saturated rings. The van der Waals surface area contributed by atoms with Crippen LogP contribution in [0.25, 0.3) is 16.5 Å². The molecular weight excluding hydrogens is 462 g/mol. The second-order valence-corrected chi connectivity index (χ2v) is 9.61. The number of allylic oxidation sites excluding steroid dienone is 2. The van der Waals surface area contributed by atoms with E-state index in [1.54, 1.807) is 0 Å². The van der Waals surface area contributed by atoms with Gasteiger partial charge in [-0.25, -0.2) is 0 Å². The van der Waals surface area contributed by atoms with Crippen LogP contribution in [0.3, 0.4) is 0 Å². The van der Waals surface area contributed by atoms with Gasteiger partial charge in [-0.3, -0.25) is 0 Å². The highest BCUT2D eigenvalue weighted by molar-refractivity contribution is 7.80. The molecule has 1 unspecified atom stereocenters.